The predicted molar refractivity (Wildman–Crippen MR) is 78.3 cm³/mol. The van der Waals surface area contributed by atoms with Crippen LogP contribution < -0.4 is 11.2 Å². The van der Waals surface area contributed by atoms with Gasteiger partial charge < -0.3 is 0 Å². The predicted octanol–water partition coefficient (Wildman–Crippen LogP) is 0.748. The lowest BCUT2D eigenvalue weighted by Gasteiger charge is -2.11. The minimum Gasteiger partial charge on any atom is -0.296 e. The average molecular weight is 292 g/mol. The van der Waals surface area contributed by atoms with Crippen molar-refractivity contribution in [1.82, 2.24) is 9.13 Å². The molecule has 0 radical (unpaired) electrons. The molecule has 0 bridgehead atoms. The molecule has 22 heavy (non-hydrogen) atoms. The number of aromatic nitrogens is 2. The first-order valence-electron chi connectivity index (χ1n) is 6.91. The minimum absolute atomic E-state index is 0.0496. The fourth-order valence-electron chi connectivity index (χ4n) is 2.81. The van der Waals surface area contributed by atoms with E-state index in [-0.39, 0.29) is 17.8 Å². The number of rotatable bonds is 2. The van der Waals surface area contributed by atoms with E-state index in [0.29, 0.717) is 29.8 Å². The lowest BCUT2D eigenvalue weighted by molar-refractivity contribution is 0.602. The minimum atomic E-state index is -0.553. The molecule has 6 nitrogen and oxygen atoms in total. The van der Waals surface area contributed by atoms with Gasteiger partial charge in [-0.2, -0.15) is 10.5 Å². The number of nitriles is 2. The Morgan fingerprint density at radius 1 is 1.18 bits per heavy atom. The molecule has 2 aromatic rings. The summed E-state index contributed by atoms with van der Waals surface area (Å²) in [5, 5.41) is 18.1. The summed E-state index contributed by atoms with van der Waals surface area (Å²) >= 11 is 0. The van der Waals surface area contributed by atoms with Crippen LogP contribution >= 0.6 is 0 Å². The van der Waals surface area contributed by atoms with E-state index < -0.39 is 5.56 Å². The van der Waals surface area contributed by atoms with Crippen molar-refractivity contribution in [2.75, 3.05) is 0 Å². The van der Waals surface area contributed by atoms with Gasteiger partial charge >= 0.3 is 5.69 Å². The van der Waals surface area contributed by atoms with Crippen LogP contribution in [0.3, 0.4) is 0 Å². The summed E-state index contributed by atoms with van der Waals surface area (Å²) in [5.74, 6) is 0. The highest BCUT2D eigenvalue weighted by atomic mass is 16.2. The van der Waals surface area contributed by atoms with Crippen LogP contribution in [0.2, 0.25) is 0 Å². The molecular weight excluding hydrogens is 280 g/mol. The number of hydrogen-bond donors (Lipinski definition) is 0. The van der Waals surface area contributed by atoms with Gasteiger partial charge in [-0.15, -0.1) is 0 Å². The first-order valence-corrected chi connectivity index (χ1v) is 6.91. The van der Waals surface area contributed by atoms with Gasteiger partial charge in [0, 0.05) is 12.2 Å². The summed E-state index contributed by atoms with van der Waals surface area (Å²) in [5.41, 5.74) is 0.794. The molecule has 1 aliphatic heterocycles. The number of nitrogens with zero attached hydrogens (tertiary/aromatic N) is 4. The van der Waals surface area contributed by atoms with E-state index in [1.54, 1.807) is 24.3 Å². The SMILES string of the molecule is N#Cc1cccc(Cn2c(=O)c(C#N)c3n(c2=O)CCC3)c1. The van der Waals surface area contributed by atoms with Crippen molar-refractivity contribution in [3.63, 3.8) is 0 Å². The molecule has 0 fully saturated rings. The van der Waals surface area contributed by atoms with Gasteiger partial charge in [0.25, 0.3) is 5.56 Å². The van der Waals surface area contributed by atoms with Gasteiger partial charge in [-0.05, 0) is 30.5 Å². The van der Waals surface area contributed by atoms with Gasteiger partial charge in [-0.1, -0.05) is 12.1 Å². The van der Waals surface area contributed by atoms with E-state index in [2.05, 4.69) is 0 Å². The van der Waals surface area contributed by atoms with Crippen molar-refractivity contribution in [1.29, 1.82) is 10.5 Å². The second-order valence-corrected chi connectivity index (χ2v) is 5.17. The van der Waals surface area contributed by atoms with Crippen molar-refractivity contribution in [2.45, 2.75) is 25.9 Å². The third-order valence-corrected chi connectivity index (χ3v) is 3.84. The van der Waals surface area contributed by atoms with E-state index in [1.165, 1.54) is 4.57 Å². The molecule has 1 aromatic heterocycles. The Morgan fingerprint density at radius 3 is 2.73 bits per heavy atom. The molecule has 0 N–H and O–H groups in total. The lowest BCUT2D eigenvalue weighted by Crippen LogP contribution is -2.41. The van der Waals surface area contributed by atoms with E-state index >= 15 is 0 Å². The molecule has 1 aliphatic rings. The van der Waals surface area contributed by atoms with Crippen LogP contribution in [0.15, 0.2) is 33.9 Å². The van der Waals surface area contributed by atoms with Crippen molar-refractivity contribution in [3.8, 4) is 12.1 Å². The summed E-state index contributed by atoms with van der Waals surface area (Å²) in [6.07, 6.45) is 1.34. The van der Waals surface area contributed by atoms with E-state index in [4.69, 9.17) is 5.26 Å². The van der Waals surface area contributed by atoms with Gasteiger partial charge in [0.05, 0.1) is 18.2 Å². The summed E-state index contributed by atoms with van der Waals surface area (Å²) < 4.78 is 2.58. The highest BCUT2D eigenvalue weighted by Crippen LogP contribution is 2.13. The van der Waals surface area contributed by atoms with Gasteiger partial charge in [0.2, 0.25) is 0 Å². The second-order valence-electron chi connectivity index (χ2n) is 5.17. The summed E-state index contributed by atoms with van der Waals surface area (Å²) in [6.45, 7) is 0.587. The number of fused-ring (bicyclic) bond motifs is 1. The summed E-state index contributed by atoms with van der Waals surface area (Å²) in [4.78, 5) is 24.9. The van der Waals surface area contributed by atoms with E-state index in [0.717, 1.165) is 11.0 Å². The van der Waals surface area contributed by atoms with Gasteiger partial charge in [-0.25, -0.2) is 4.79 Å². The van der Waals surface area contributed by atoms with Crippen LogP contribution in [0.1, 0.15) is 28.8 Å². The molecule has 6 heteroatoms. The molecule has 3 rings (SSSR count). The maximum Gasteiger partial charge on any atom is 0.331 e. The summed E-state index contributed by atoms with van der Waals surface area (Å²) in [7, 11) is 0. The quantitative estimate of drug-likeness (QED) is 0.816. The molecule has 0 atom stereocenters. The Bertz CT molecular complexity index is 954. The maximum absolute atomic E-state index is 12.5. The molecule has 0 saturated carbocycles. The van der Waals surface area contributed by atoms with Crippen LogP contribution in [-0.4, -0.2) is 9.13 Å². The topological polar surface area (TPSA) is 91.6 Å². The Balaban J connectivity index is 2.16. The van der Waals surface area contributed by atoms with Gasteiger partial charge in [0.15, 0.2) is 0 Å². The zero-order valence-corrected chi connectivity index (χ0v) is 11.7. The number of benzene rings is 1. The maximum atomic E-state index is 12.5. The van der Waals surface area contributed by atoms with Gasteiger partial charge in [-0.3, -0.25) is 13.9 Å². The Labute approximate surface area is 126 Å². The Hall–Kier alpha value is -3.12. The number of hydrogen-bond acceptors (Lipinski definition) is 4. The van der Waals surface area contributed by atoms with Crippen LogP contribution in [-0.2, 0) is 19.5 Å². The van der Waals surface area contributed by atoms with Crippen LogP contribution in [0.25, 0.3) is 0 Å². The Kier molecular flexibility index (Phi) is 3.36. The highest BCUT2D eigenvalue weighted by molar-refractivity contribution is 5.35. The zero-order valence-electron chi connectivity index (χ0n) is 11.7. The molecule has 108 valence electrons. The second kappa shape index (κ2) is 5.34. The molecule has 1 aromatic carbocycles. The van der Waals surface area contributed by atoms with Crippen molar-refractivity contribution < 1.29 is 0 Å². The van der Waals surface area contributed by atoms with E-state index in [9.17, 15) is 14.9 Å². The largest absolute Gasteiger partial charge is 0.331 e. The molecule has 0 aliphatic carbocycles. The third-order valence-electron chi connectivity index (χ3n) is 3.84. The standard InChI is InChI=1S/C16H12N4O2/c17-8-11-3-1-4-12(7-11)10-20-15(21)13(9-18)14-5-2-6-19(14)16(20)22/h1,3-4,7H,2,5-6,10H2. The van der Waals surface area contributed by atoms with Crippen molar-refractivity contribution in [2.24, 2.45) is 0 Å². The van der Waals surface area contributed by atoms with Gasteiger partial charge in [0.1, 0.15) is 11.6 Å². The fraction of sp³-hybridized carbons (Fsp3) is 0.250. The molecule has 0 spiro atoms. The smallest absolute Gasteiger partial charge is 0.296 e. The molecule has 0 unspecified atom stereocenters. The van der Waals surface area contributed by atoms with E-state index in [1.807, 2.05) is 12.1 Å². The van der Waals surface area contributed by atoms with Crippen molar-refractivity contribution in [3.05, 3.63) is 67.5 Å². The fourth-order valence-corrected chi connectivity index (χ4v) is 2.81. The first kappa shape index (κ1) is 13.8. The average Bonchev–Trinajstić information content (AvgIpc) is 3.02. The Morgan fingerprint density at radius 2 is 2.00 bits per heavy atom. The van der Waals surface area contributed by atoms with Crippen molar-refractivity contribution >= 4 is 0 Å². The normalized spacial score (nSPS) is 12.5. The van der Waals surface area contributed by atoms with Crippen LogP contribution in [0.4, 0.5) is 0 Å². The first-order chi connectivity index (χ1) is 10.7. The lowest BCUT2D eigenvalue weighted by atomic mass is 10.1. The highest BCUT2D eigenvalue weighted by Gasteiger charge is 2.22. The molecule has 0 saturated heterocycles. The third kappa shape index (κ3) is 2.11. The van der Waals surface area contributed by atoms with Crippen LogP contribution in [0, 0.1) is 22.7 Å². The molecular formula is C16H12N4O2. The monoisotopic (exact) mass is 292 g/mol. The van der Waals surface area contributed by atoms with Crippen LogP contribution in [0.5, 0.6) is 0 Å². The zero-order chi connectivity index (χ0) is 15.7. The molecule has 2 heterocycles. The molecule has 0 amide bonds. The summed E-state index contributed by atoms with van der Waals surface area (Å²) in [6, 6.07) is 10.7.